The minimum absolute atomic E-state index is 0.138. The lowest BCUT2D eigenvalue weighted by molar-refractivity contribution is 0.0995. The minimum atomic E-state index is -0.188. The molecule has 0 amide bonds. The molecule has 3 aromatic carbocycles. The monoisotopic (exact) mass is 383 g/mol. The number of nitrogens with zero attached hydrogens (tertiary/aromatic N) is 2. The van der Waals surface area contributed by atoms with Gasteiger partial charge in [-0.2, -0.15) is 0 Å². The predicted molar refractivity (Wildman–Crippen MR) is 110 cm³/mol. The number of hydrogen-bond acceptors (Lipinski definition) is 5. The van der Waals surface area contributed by atoms with E-state index in [4.69, 9.17) is 5.21 Å². The second-order valence-electron chi connectivity index (χ2n) is 6.99. The van der Waals surface area contributed by atoms with Gasteiger partial charge in [-0.1, -0.05) is 36.4 Å². The van der Waals surface area contributed by atoms with Crippen LogP contribution in [0.2, 0.25) is 0 Å². The minimum Gasteiger partial charge on any atom is -0.733 e. The Kier molecular flexibility index (Phi) is 3.84. The highest BCUT2D eigenvalue weighted by Gasteiger charge is 2.25. The number of carbonyl (C=O) groups excluding carboxylic acids is 2. The van der Waals surface area contributed by atoms with Crippen LogP contribution in [0.4, 0.5) is 5.69 Å². The van der Waals surface area contributed by atoms with E-state index in [1.807, 2.05) is 34.9 Å². The number of fused-ring (bicyclic) bond motifs is 5. The molecule has 6 nitrogen and oxygen atoms in total. The van der Waals surface area contributed by atoms with Gasteiger partial charge in [0.15, 0.2) is 11.6 Å². The maximum absolute atomic E-state index is 12.7. The topological polar surface area (TPSA) is 85.6 Å². The van der Waals surface area contributed by atoms with E-state index in [-0.39, 0.29) is 22.5 Å². The Morgan fingerprint density at radius 2 is 1.59 bits per heavy atom. The summed E-state index contributed by atoms with van der Waals surface area (Å²) in [5.41, 5.74) is 3.53. The number of para-hydroxylation sites is 1. The number of aromatic nitrogens is 1. The van der Waals surface area contributed by atoms with E-state index in [9.17, 15) is 14.8 Å². The van der Waals surface area contributed by atoms with Gasteiger partial charge in [0.1, 0.15) is 0 Å². The molecule has 0 atom stereocenters. The van der Waals surface area contributed by atoms with Crippen molar-refractivity contribution in [2.24, 2.45) is 0 Å². The van der Waals surface area contributed by atoms with Crippen molar-refractivity contribution in [2.45, 2.75) is 6.54 Å². The van der Waals surface area contributed by atoms with Crippen molar-refractivity contribution in [3.05, 3.63) is 94.7 Å². The van der Waals surface area contributed by atoms with Crippen LogP contribution in [0.15, 0.2) is 72.8 Å². The van der Waals surface area contributed by atoms with E-state index in [0.717, 1.165) is 27.4 Å². The zero-order valence-electron chi connectivity index (χ0n) is 15.2. The molecule has 4 aromatic rings. The Morgan fingerprint density at radius 3 is 2.34 bits per heavy atom. The summed E-state index contributed by atoms with van der Waals surface area (Å²) >= 11 is 0. The van der Waals surface area contributed by atoms with Gasteiger partial charge < -0.3 is 15.0 Å². The van der Waals surface area contributed by atoms with E-state index in [0.29, 0.717) is 17.7 Å². The number of hydrogen-bond donors (Lipinski definition) is 1. The Hall–Kier alpha value is -3.74. The summed E-state index contributed by atoms with van der Waals surface area (Å²) in [6.07, 6.45) is 2.64. The third kappa shape index (κ3) is 2.66. The molecule has 1 N–H and O–H groups in total. The highest BCUT2D eigenvalue weighted by Crippen LogP contribution is 2.35. The highest BCUT2D eigenvalue weighted by molar-refractivity contribution is 6.28. The molecule has 0 fully saturated rings. The van der Waals surface area contributed by atoms with Crippen molar-refractivity contribution < 1.29 is 14.8 Å². The third-order valence-corrected chi connectivity index (χ3v) is 5.33. The summed E-state index contributed by atoms with van der Waals surface area (Å²) in [7, 11) is 0. The van der Waals surface area contributed by atoms with Crippen molar-refractivity contribution in [2.75, 3.05) is 5.23 Å². The fourth-order valence-electron chi connectivity index (χ4n) is 4.00. The van der Waals surface area contributed by atoms with Crippen LogP contribution in [-0.4, -0.2) is 21.3 Å². The molecular weight excluding hydrogens is 368 g/mol. The number of anilines is 1. The molecule has 29 heavy (non-hydrogen) atoms. The summed E-state index contributed by atoms with van der Waals surface area (Å²) < 4.78 is 2.02. The quantitative estimate of drug-likeness (QED) is 0.528. The zero-order chi connectivity index (χ0) is 20.1. The summed E-state index contributed by atoms with van der Waals surface area (Å²) in [6.45, 7) is 0.441. The smallest absolute Gasteiger partial charge is 0.188 e. The number of allylic oxidation sites excluding steroid dienone is 2. The largest absolute Gasteiger partial charge is 0.733 e. The van der Waals surface area contributed by atoms with Crippen molar-refractivity contribution in [3.63, 3.8) is 0 Å². The van der Waals surface area contributed by atoms with Crippen LogP contribution < -0.4 is 5.23 Å². The fraction of sp³-hybridized carbons (Fsp3) is 0.0435. The van der Waals surface area contributed by atoms with E-state index < -0.39 is 0 Å². The molecule has 0 saturated carbocycles. The second kappa shape index (κ2) is 6.41. The van der Waals surface area contributed by atoms with Crippen LogP contribution in [0.1, 0.15) is 26.3 Å². The van der Waals surface area contributed by atoms with Crippen LogP contribution in [0, 0.1) is 5.21 Å². The molecule has 1 aromatic heterocycles. The Balaban J connectivity index is 1.78. The summed E-state index contributed by atoms with van der Waals surface area (Å²) in [5, 5.41) is 21.8. The third-order valence-electron chi connectivity index (χ3n) is 5.33. The standard InChI is InChI=1S/C23H15N2O4/c26-20-11-12-21(27)22-18(20)10-9-17-16-3-1-2-4-19(16)24(23(17)22)13-14-5-7-15(8-6-14)25(28)29/h1-12,28H,13H2/q-1. The van der Waals surface area contributed by atoms with Crippen molar-refractivity contribution in [3.8, 4) is 0 Å². The molecule has 6 heteroatoms. The zero-order valence-corrected chi connectivity index (χ0v) is 15.2. The highest BCUT2D eigenvalue weighted by atomic mass is 16.8. The molecule has 0 unspecified atom stereocenters. The van der Waals surface area contributed by atoms with Gasteiger partial charge in [-0.15, -0.1) is 0 Å². The van der Waals surface area contributed by atoms with E-state index in [1.54, 1.807) is 18.2 Å². The van der Waals surface area contributed by atoms with Crippen LogP contribution in [0.3, 0.4) is 0 Å². The maximum atomic E-state index is 12.7. The van der Waals surface area contributed by atoms with Gasteiger partial charge in [0.05, 0.1) is 16.8 Å². The number of rotatable bonds is 3. The van der Waals surface area contributed by atoms with E-state index in [1.165, 1.54) is 24.3 Å². The molecule has 1 heterocycles. The molecule has 142 valence electrons. The van der Waals surface area contributed by atoms with Gasteiger partial charge in [-0.05, 0) is 42.0 Å². The molecule has 0 saturated heterocycles. The van der Waals surface area contributed by atoms with Gasteiger partial charge >= 0.3 is 0 Å². The number of carbonyl (C=O) groups is 2. The lowest BCUT2D eigenvalue weighted by Crippen LogP contribution is -2.14. The molecule has 0 bridgehead atoms. The Bertz CT molecular complexity index is 1330. The average molecular weight is 383 g/mol. The Morgan fingerprint density at radius 1 is 0.862 bits per heavy atom. The molecular formula is C23H15N2O4-. The summed E-state index contributed by atoms with van der Waals surface area (Å²) in [5.74, 6) is -0.368. The molecule has 0 spiro atoms. The van der Waals surface area contributed by atoms with Crippen molar-refractivity contribution >= 4 is 39.1 Å². The Labute approximate surface area is 165 Å². The average Bonchev–Trinajstić information content (AvgIpc) is 3.05. The van der Waals surface area contributed by atoms with Crippen molar-refractivity contribution in [1.29, 1.82) is 0 Å². The van der Waals surface area contributed by atoms with Gasteiger partial charge in [0.2, 0.25) is 0 Å². The molecule has 1 aliphatic carbocycles. The predicted octanol–water partition coefficient (Wildman–Crippen LogP) is 4.47. The first-order valence-corrected chi connectivity index (χ1v) is 9.10. The van der Waals surface area contributed by atoms with Crippen LogP contribution in [0.25, 0.3) is 21.8 Å². The summed E-state index contributed by atoms with van der Waals surface area (Å²) in [6, 6.07) is 18.0. The van der Waals surface area contributed by atoms with Gasteiger partial charge in [0, 0.05) is 28.4 Å². The normalized spacial score (nSPS) is 13.3. The van der Waals surface area contributed by atoms with Crippen molar-refractivity contribution in [1.82, 2.24) is 4.57 Å². The fourth-order valence-corrected chi connectivity index (χ4v) is 4.00. The van der Waals surface area contributed by atoms with Crippen LogP contribution >= 0.6 is 0 Å². The van der Waals surface area contributed by atoms with E-state index in [2.05, 4.69) is 0 Å². The first-order valence-electron chi connectivity index (χ1n) is 9.10. The van der Waals surface area contributed by atoms with Crippen LogP contribution in [0.5, 0.6) is 0 Å². The lowest BCUT2D eigenvalue weighted by Gasteiger charge is -2.21. The second-order valence-corrected chi connectivity index (χ2v) is 6.99. The van der Waals surface area contributed by atoms with Gasteiger partial charge in [0.25, 0.3) is 0 Å². The lowest BCUT2D eigenvalue weighted by atomic mass is 9.92. The number of ketones is 2. The SMILES string of the molecule is O=C1C=CC(=O)c2c1ccc1c3ccccc3n(Cc3ccc(N([O-])O)cc3)c21. The molecule has 0 aliphatic heterocycles. The van der Waals surface area contributed by atoms with Gasteiger partial charge in [-0.25, -0.2) is 0 Å². The maximum Gasteiger partial charge on any atom is 0.188 e. The molecule has 1 aliphatic rings. The first-order chi connectivity index (χ1) is 14.0. The number of benzene rings is 3. The van der Waals surface area contributed by atoms with Gasteiger partial charge in [-0.3, -0.25) is 14.8 Å². The summed E-state index contributed by atoms with van der Waals surface area (Å²) in [4.78, 5) is 25.1. The molecule has 5 rings (SSSR count). The van der Waals surface area contributed by atoms with Crippen LogP contribution in [-0.2, 0) is 6.54 Å². The molecule has 0 radical (unpaired) electrons. The first kappa shape index (κ1) is 17.4. The van der Waals surface area contributed by atoms with E-state index >= 15 is 0 Å².